The highest BCUT2D eigenvalue weighted by atomic mass is 32.1. The van der Waals surface area contributed by atoms with E-state index >= 15 is 0 Å². The Kier molecular flexibility index (Phi) is 4.18. The Morgan fingerprint density at radius 1 is 1.12 bits per heavy atom. The van der Waals surface area contributed by atoms with Gasteiger partial charge in [-0.25, -0.2) is 0 Å². The maximum Gasteiger partial charge on any atom is 0.120 e. The second-order valence-corrected chi connectivity index (χ2v) is 4.96. The highest BCUT2D eigenvalue weighted by Gasteiger charge is 2.03. The first kappa shape index (κ1) is 12.1. The number of benzene rings is 1. The van der Waals surface area contributed by atoms with Crippen LogP contribution in [0.25, 0.3) is 0 Å². The van der Waals surface area contributed by atoms with Crippen LogP contribution in [0, 0.1) is 0 Å². The summed E-state index contributed by atoms with van der Waals surface area (Å²) in [5, 5.41) is 15.1. The van der Waals surface area contributed by atoms with Gasteiger partial charge in [-0.05, 0) is 29.5 Å². The molecule has 0 aliphatic heterocycles. The van der Waals surface area contributed by atoms with Crippen LogP contribution in [0.2, 0.25) is 0 Å². The fourth-order valence-corrected chi connectivity index (χ4v) is 2.75. The maximum absolute atomic E-state index is 9.63. The molecule has 0 saturated heterocycles. The fraction of sp³-hybridized carbons (Fsp3) is 0.286. The summed E-state index contributed by atoms with van der Waals surface area (Å²) in [7, 11) is 0. The van der Waals surface area contributed by atoms with E-state index < -0.39 is 0 Å². The molecule has 2 aromatic rings. The molecule has 2 N–H and O–H groups in total. The average Bonchev–Trinajstić information content (AvgIpc) is 2.79. The Bertz CT molecular complexity index is 479. The molecule has 0 unspecified atom stereocenters. The number of para-hydroxylation sites is 1. The van der Waals surface area contributed by atoms with Crippen LogP contribution in [-0.4, -0.2) is 5.11 Å². The van der Waals surface area contributed by atoms with Crippen molar-refractivity contribution in [1.29, 1.82) is 0 Å². The number of phenols is 1. The van der Waals surface area contributed by atoms with Crippen LogP contribution in [-0.2, 0) is 19.5 Å². The van der Waals surface area contributed by atoms with Crippen molar-refractivity contribution in [2.24, 2.45) is 0 Å². The predicted molar refractivity (Wildman–Crippen MR) is 72.3 cm³/mol. The van der Waals surface area contributed by atoms with E-state index in [1.165, 1.54) is 10.4 Å². The Balaban J connectivity index is 1.90. The summed E-state index contributed by atoms with van der Waals surface area (Å²) in [5.41, 5.74) is 2.36. The van der Waals surface area contributed by atoms with Crippen LogP contribution in [0.1, 0.15) is 22.9 Å². The molecule has 0 atom stereocenters. The summed E-state index contributed by atoms with van der Waals surface area (Å²) >= 11 is 1.79. The van der Waals surface area contributed by atoms with Gasteiger partial charge in [0.25, 0.3) is 0 Å². The van der Waals surface area contributed by atoms with Crippen LogP contribution < -0.4 is 5.32 Å². The lowest BCUT2D eigenvalue weighted by atomic mass is 10.2. The monoisotopic (exact) mass is 247 g/mol. The summed E-state index contributed by atoms with van der Waals surface area (Å²) in [5.74, 6) is 0.363. The molecule has 0 radical (unpaired) electrons. The standard InChI is InChI=1S/C14H17NOS/c1-2-11-7-8-17-14(11)10-15-9-12-5-3-4-6-13(12)16/h3-8,15-16H,2,9-10H2,1H3. The second kappa shape index (κ2) is 5.84. The zero-order chi connectivity index (χ0) is 12.1. The highest BCUT2D eigenvalue weighted by Crippen LogP contribution is 2.18. The van der Waals surface area contributed by atoms with Crippen molar-refractivity contribution in [3.8, 4) is 5.75 Å². The third-order valence-corrected chi connectivity index (χ3v) is 3.77. The lowest BCUT2D eigenvalue weighted by molar-refractivity contribution is 0.464. The number of phenolic OH excluding ortho intramolecular Hbond substituents is 1. The number of nitrogens with one attached hydrogen (secondary N) is 1. The van der Waals surface area contributed by atoms with Crippen molar-refractivity contribution in [2.45, 2.75) is 26.4 Å². The van der Waals surface area contributed by atoms with Crippen LogP contribution in [0.3, 0.4) is 0 Å². The molecular formula is C14H17NOS. The van der Waals surface area contributed by atoms with Crippen molar-refractivity contribution in [3.63, 3.8) is 0 Å². The summed E-state index contributed by atoms with van der Waals surface area (Å²) in [6.45, 7) is 3.75. The minimum Gasteiger partial charge on any atom is -0.508 e. The third kappa shape index (κ3) is 3.08. The van der Waals surface area contributed by atoms with E-state index in [1.54, 1.807) is 17.4 Å². The van der Waals surface area contributed by atoms with Gasteiger partial charge >= 0.3 is 0 Å². The van der Waals surface area contributed by atoms with Gasteiger partial charge in [0, 0.05) is 23.5 Å². The molecule has 0 spiro atoms. The Hall–Kier alpha value is -1.32. The predicted octanol–water partition coefficient (Wildman–Crippen LogP) is 3.31. The first-order valence-corrected chi connectivity index (χ1v) is 6.72. The minimum absolute atomic E-state index is 0.363. The third-order valence-electron chi connectivity index (χ3n) is 2.81. The van der Waals surface area contributed by atoms with Crippen LogP contribution in [0.15, 0.2) is 35.7 Å². The van der Waals surface area contributed by atoms with E-state index in [2.05, 4.69) is 23.7 Å². The number of aryl methyl sites for hydroxylation is 1. The van der Waals surface area contributed by atoms with Crippen LogP contribution in [0.5, 0.6) is 5.75 Å². The fourth-order valence-electron chi connectivity index (χ4n) is 1.81. The smallest absolute Gasteiger partial charge is 0.120 e. The van der Waals surface area contributed by atoms with Crippen molar-refractivity contribution < 1.29 is 5.11 Å². The van der Waals surface area contributed by atoms with Crippen molar-refractivity contribution >= 4 is 11.3 Å². The molecular weight excluding hydrogens is 230 g/mol. The van der Waals surface area contributed by atoms with Crippen LogP contribution in [0.4, 0.5) is 0 Å². The normalized spacial score (nSPS) is 10.6. The number of aromatic hydroxyl groups is 1. The lowest BCUT2D eigenvalue weighted by Gasteiger charge is -2.06. The van der Waals surface area contributed by atoms with Crippen molar-refractivity contribution in [2.75, 3.05) is 0 Å². The van der Waals surface area contributed by atoms with E-state index in [9.17, 15) is 5.11 Å². The Morgan fingerprint density at radius 3 is 2.71 bits per heavy atom. The zero-order valence-corrected chi connectivity index (χ0v) is 10.8. The maximum atomic E-state index is 9.63. The molecule has 17 heavy (non-hydrogen) atoms. The van der Waals surface area contributed by atoms with E-state index in [1.807, 2.05) is 18.2 Å². The number of rotatable bonds is 5. The summed E-state index contributed by atoms with van der Waals surface area (Å²) in [6, 6.07) is 9.63. The molecule has 1 heterocycles. The molecule has 2 nitrogen and oxygen atoms in total. The largest absolute Gasteiger partial charge is 0.508 e. The molecule has 90 valence electrons. The second-order valence-electron chi connectivity index (χ2n) is 3.95. The first-order valence-electron chi connectivity index (χ1n) is 5.84. The van der Waals surface area contributed by atoms with Gasteiger partial charge in [0.1, 0.15) is 5.75 Å². The lowest BCUT2D eigenvalue weighted by Crippen LogP contribution is -2.12. The van der Waals surface area contributed by atoms with Gasteiger partial charge in [-0.15, -0.1) is 11.3 Å². The molecule has 0 aliphatic rings. The molecule has 0 saturated carbocycles. The summed E-state index contributed by atoms with van der Waals surface area (Å²) in [6.07, 6.45) is 1.08. The van der Waals surface area contributed by atoms with Crippen molar-refractivity contribution in [1.82, 2.24) is 5.32 Å². The van der Waals surface area contributed by atoms with Gasteiger partial charge in [-0.2, -0.15) is 0 Å². The average molecular weight is 247 g/mol. The van der Waals surface area contributed by atoms with Crippen molar-refractivity contribution in [3.05, 3.63) is 51.7 Å². The first-order chi connectivity index (χ1) is 8.31. The highest BCUT2D eigenvalue weighted by molar-refractivity contribution is 7.10. The number of hydrogen-bond acceptors (Lipinski definition) is 3. The van der Waals surface area contributed by atoms with Crippen LogP contribution >= 0.6 is 11.3 Å². The number of thiophene rings is 1. The topological polar surface area (TPSA) is 32.3 Å². The summed E-state index contributed by atoms with van der Waals surface area (Å²) in [4.78, 5) is 1.39. The molecule has 1 aromatic heterocycles. The SMILES string of the molecule is CCc1ccsc1CNCc1ccccc1O. The molecule has 0 bridgehead atoms. The van der Waals surface area contributed by atoms with Gasteiger partial charge in [0.15, 0.2) is 0 Å². The van der Waals surface area contributed by atoms with Gasteiger partial charge < -0.3 is 10.4 Å². The molecule has 0 fully saturated rings. The van der Waals surface area contributed by atoms with Gasteiger partial charge in [-0.3, -0.25) is 0 Å². The van der Waals surface area contributed by atoms with Gasteiger partial charge in [-0.1, -0.05) is 25.1 Å². The van der Waals surface area contributed by atoms with Gasteiger partial charge in [0.2, 0.25) is 0 Å². The quantitative estimate of drug-likeness (QED) is 0.849. The molecule has 3 heteroatoms. The van der Waals surface area contributed by atoms with E-state index in [0.717, 1.165) is 18.5 Å². The Labute approximate surface area is 106 Å². The Morgan fingerprint density at radius 2 is 1.94 bits per heavy atom. The zero-order valence-electron chi connectivity index (χ0n) is 9.94. The minimum atomic E-state index is 0.363. The summed E-state index contributed by atoms with van der Waals surface area (Å²) < 4.78 is 0. The molecule has 0 aliphatic carbocycles. The molecule has 1 aromatic carbocycles. The van der Waals surface area contributed by atoms with E-state index in [4.69, 9.17) is 0 Å². The molecule has 2 rings (SSSR count). The van der Waals surface area contributed by atoms with Gasteiger partial charge in [0.05, 0.1) is 0 Å². The number of hydrogen-bond donors (Lipinski definition) is 2. The van der Waals surface area contributed by atoms with E-state index in [0.29, 0.717) is 12.3 Å². The molecule has 0 amide bonds. The van der Waals surface area contributed by atoms with E-state index in [-0.39, 0.29) is 0 Å².